The Bertz CT molecular complexity index is 741. The van der Waals surface area contributed by atoms with Gasteiger partial charge in [-0.2, -0.15) is 0 Å². The van der Waals surface area contributed by atoms with Crippen molar-refractivity contribution in [3.63, 3.8) is 0 Å². The second-order valence-electron chi connectivity index (χ2n) is 5.48. The highest BCUT2D eigenvalue weighted by atomic mass is 79.9. The molecule has 2 aromatic rings. The Morgan fingerprint density at radius 2 is 1.36 bits per heavy atom. The summed E-state index contributed by atoms with van der Waals surface area (Å²) in [5.74, 6) is -0.234. The second kappa shape index (κ2) is 5.63. The van der Waals surface area contributed by atoms with Gasteiger partial charge < -0.3 is 0 Å². The molecule has 0 radical (unpaired) electrons. The number of benzene rings is 2. The van der Waals surface area contributed by atoms with Crippen LogP contribution < -0.4 is 4.90 Å². The van der Waals surface area contributed by atoms with Gasteiger partial charge in [-0.25, -0.2) is 4.90 Å². The number of imide groups is 1. The molecule has 2 aromatic carbocycles. The van der Waals surface area contributed by atoms with Crippen LogP contribution in [0.25, 0.3) is 0 Å². The first-order valence-corrected chi connectivity index (χ1v) is 8.47. The maximum absolute atomic E-state index is 12.6. The van der Waals surface area contributed by atoms with E-state index in [1.54, 1.807) is 24.3 Å². The minimum atomic E-state index is -0.292. The van der Waals surface area contributed by atoms with Crippen LogP contribution in [0.5, 0.6) is 0 Å². The van der Waals surface area contributed by atoms with Gasteiger partial charge in [0.15, 0.2) is 0 Å². The Labute approximate surface area is 145 Å². The number of halogens is 2. The molecule has 0 N–H and O–H groups in total. The maximum atomic E-state index is 12.6. The lowest BCUT2D eigenvalue weighted by Crippen LogP contribution is -2.30. The number of nitrogens with zero attached hydrogens (tertiary/aromatic N) is 1. The Morgan fingerprint density at radius 3 is 1.77 bits per heavy atom. The molecule has 112 valence electrons. The molecule has 2 amide bonds. The molecule has 0 bridgehead atoms. The van der Waals surface area contributed by atoms with Crippen molar-refractivity contribution in [1.82, 2.24) is 0 Å². The number of carbonyl (C=O) groups excluding carboxylic acids is 2. The minimum absolute atomic E-state index is 0.292. The zero-order chi connectivity index (χ0) is 16.0. The van der Waals surface area contributed by atoms with Crippen molar-refractivity contribution in [1.29, 1.82) is 0 Å². The first kappa shape index (κ1) is 15.4. The molecule has 0 atom stereocenters. The van der Waals surface area contributed by atoms with E-state index in [0.717, 1.165) is 14.5 Å². The quantitative estimate of drug-likeness (QED) is 0.628. The Hall–Kier alpha value is -1.46. The molecule has 0 saturated heterocycles. The van der Waals surface area contributed by atoms with Crippen molar-refractivity contribution in [2.75, 3.05) is 4.90 Å². The highest BCUT2D eigenvalue weighted by Gasteiger charge is 2.38. The summed E-state index contributed by atoms with van der Waals surface area (Å²) in [5, 5.41) is 0. The van der Waals surface area contributed by atoms with Crippen molar-refractivity contribution < 1.29 is 9.59 Å². The summed E-state index contributed by atoms with van der Waals surface area (Å²) in [7, 11) is 0. The molecule has 0 spiro atoms. The summed E-state index contributed by atoms with van der Waals surface area (Å²) < 4.78 is 1.44. The van der Waals surface area contributed by atoms with Gasteiger partial charge >= 0.3 is 0 Å². The van der Waals surface area contributed by atoms with Gasteiger partial charge in [0, 0.05) is 8.95 Å². The van der Waals surface area contributed by atoms with E-state index in [1.807, 2.05) is 12.1 Å². The Balaban J connectivity index is 2.14. The molecule has 0 aliphatic carbocycles. The van der Waals surface area contributed by atoms with Gasteiger partial charge in [-0.3, -0.25) is 9.59 Å². The van der Waals surface area contributed by atoms with E-state index >= 15 is 0 Å². The number of fused-ring (bicyclic) bond motifs is 1. The van der Waals surface area contributed by atoms with Crippen LogP contribution in [0, 0.1) is 0 Å². The van der Waals surface area contributed by atoms with Crippen LogP contribution in [-0.4, -0.2) is 11.8 Å². The third-order valence-corrected chi connectivity index (χ3v) is 4.93. The molecule has 1 aliphatic heterocycles. The van der Waals surface area contributed by atoms with Crippen molar-refractivity contribution in [3.05, 3.63) is 62.0 Å². The van der Waals surface area contributed by atoms with Crippen molar-refractivity contribution in [2.45, 2.75) is 19.8 Å². The second-order valence-corrected chi connectivity index (χ2v) is 7.19. The lowest BCUT2D eigenvalue weighted by molar-refractivity contribution is 0.0926. The van der Waals surface area contributed by atoms with E-state index in [1.165, 1.54) is 4.90 Å². The number of hydrogen-bond donors (Lipinski definition) is 0. The molecule has 0 fully saturated rings. The largest absolute Gasteiger partial charge is 0.268 e. The summed E-state index contributed by atoms with van der Waals surface area (Å²) in [6.07, 6.45) is 0. The summed E-state index contributed by atoms with van der Waals surface area (Å²) >= 11 is 7.00. The summed E-state index contributed by atoms with van der Waals surface area (Å²) in [4.78, 5) is 26.4. The highest BCUT2D eigenvalue weighted by Crippen LogP contribution is 2.40. The van der Waals surface area contributed by atoms with E-state index < -0.39 is 0 Å². The predicted molar refractivity (Wildman–Crippen MR) is 93.5 cm³/mol. The van der Waals surface area contributed by atoms with Crippen LogP contribution >= 0.6 is 31.9 Å². The molecule has 0 aromatic heterocycles. The zero-order valence-corrected chi connectivity index (χ0v) is 15.2. The third-order valence-electron chi connectivity index (χ3n) is 3.72. The van der Waals surface area contributed by atoms with Gasteiger partial charge in [0.25, 0.3) is 11.8 Å². The molecular formula is C17H13Br2NO2. The molecule has 1 heterocycles. The molecule has 0 saturated carbocycles. The molecule has 3 rings (SSSR count). The fourth-order valence-corrected chi connectivity index (χ4v) is 4.10. The van der Waals surface area contributed by atoms with Crippen LogP contribution in [0.4, 0.5) is 5.69 Å². The van der Waals surface area contributed by atoms with Crippen LogP contribution in [0.15, 0.2) is 45.3 Å². The average Bonchev–Trinajstić information content (AvgIpc) is 2.72. The van der Waals surface area contributed by atoms with Gasteiger partial charge in [0.1, 0.15) is 0 Å². The zero-order valence-electron chi connectivity index (χ0n) is 12.1. The summed E-state index contributed by atoms with van der Waals surface area (Å²) in [5.41, 5.74) is 2.56. The fraction of sp³-hybridized carbons (Fsp3) is 0.176. The van der Waals surface area contributed by atoms with Crippen molar-refractivity contribution >= 4 is 49.4 Å². The SMILES string of the molecule is CC(C)c1cc(Br)c(N2C(=O)c3ccccc3C2=O)c(Br)c1. The van der Waals surface area contributed by atoms with Gasteiger partial charge in [-0.05, 0) is 67.6 Å². The first-order valence-electron chi connectivity index (χ1n) is 6.88. The Kier molecular flexibility index (Phi) is 3.95. The smallest absolute Gasteiger partial charge is 0.266 e. The third kappa shape index (κ3) is 2.32. The minimum Gasteiger partial charge on any atom is -0.268 e. The first-order chi connectivity index (χ1) is 10.4. The Morgan fingerprint density at radius 1 is 0.909 bits per heavy atom. The summed E-state index contributed by atoms with van der Waals surface area (Å²) in [6, 6.07) is 10.8. The maximum Gasteiger partial charge on any atom is 0.266 e. The average molecular weight is 423 g/mol. The standard InChI is InChI=1S/C17H13Br2NO2/c1-9(2)10-7-13(18)15(14(19)8-10)20-16(21)11-5-3-4-6-12(11)17(20)22/h3-9H,1-2H3. The highest BCUT2D eigenvalue weighted by molar-refractivity contribution is 9.11. The van der Waals surface area contributed by atoms with E-state index in [-0.39, 0.29) is 11.8 Å². The van der Waals surface area contributed by atoms with Crippen LogP contribution in [0.1, 0.15) is 46.0 Å². The van der Waals surface area contributed by atoms with E-state index in [4.69, 9.17) is 0 Å². The van der Waals surface area contributed by atoms with Gasteiger partial charge in [0.05, 0.1) is 16.8 Å². The van der Waals surface area contributed by atoms with Gasteiger partial charge in [-0.15, -0.1) is 0 Å². The lowest BCUT2D eigenvalue weighted by Gasteiger charge is -2.19. The van der Waals surface area contributed by atoms with Crippen LogP contribution in [0.2, 0.25) is 0 Å². The topological polar surface area (TPSA) is 37.4 Å². The monoisotopic (exact) mass is 421 g/mol. The van der Waals surface area contributed by atoms with Gasteiger partial charge in [-0.1, -0.05) is 26.0 Å². The number of rotatable bonds is 2. The molecular weight excluding hydrogens is 410 g/mol. The molecule has 5 heteroatoms. The normalized spacial score (nSPS) is 14.0. The fourth-order valence-electron chi connectivity index (χ4n) is 2.52. The molecule has 0 unspecified atom stereocenters. The lowest BCUT2D eigenvalue weighted by atomic mass is 10.0. The predicted octanol–water partition coefficient (Wildman–Crippen LogP) is 5.14. The van der Waals surface area contributed by atoms with E-state index in [9.17, 15) is 9.59 Å². The number of anilines is 1. The molecule has 3 nitrogen and oxygen atoms in total. The van der Waals surface area contributed by atoms with Crippen molar-refractivity contribution in [2.24, 2.45) is 0 Å². The van der Waals surface area contributed by atoms with Crippen molar-refractivity contribution in [3.8, 4) is 0 Å². The van der Waals surface area contributed by atoms with Gasteiger partial charge in [0.2, 0.25) is 0 Å². The van der Waals surface area contributed by atoms with E-state index in [2.05, 4.69) is 45.7 Å². The number of hydrogen-bond acceptors (Lipinski definition) is 2. The van der Waals surface area contributed by atoms with E-state index in [0.29, 0.717) is 22.7 Å². The summed E-state index contributed by atoms with van der Waals surface area (Å²) in [6.45, 7) is 4.19. The molecule has 1 aliphatic rings. The molecule has 22 heavy (non-hydrogen) atoms. The number of carbonyl (C=O) groups is 2. The van der Waals surface area contributed by atoms with Crippen LogP contribution in [-0.2, 0) is 0 Å². The number of amides is 2. The van der Waals surface area contributed by atoms with Crippen LogP contribution in [0.3, 0.4) is 0 Å².